The van der Waals surface area contributed by atoms with Gasteiger partial charge in [0.25, 0.3) is 0 Å². The van der Waals surface area contributed by atoms with Gasteiger partial charge in [-0.05, 0) is 68.4 Å². The van der Waals surface area contributed by atoms with Gasteiger partial charge in [-0.3, -0.25) is 0 Å². The number of aliphatic hydroxyl groups excluding tert-OH is 2. The van der Waals surface area contributed by atoms with Gasteiger partial charge in [-0.1, -0.05) is 48.5 Å². The molecule has 0 spiro atoms. The van der Waals surface area contributed by atoms with E-state index >= 15 is 0 Å². The molecule has 0 aromatic heterocycles. The first-order valence-electron chi connectivity index (χ1n) is 8.38. The maximum Gasteiger partial charge on any atom is 0.0471 e. The van der Waals surface area contributed by atoms with Crippen molar-refractivity contribution < 1.29 is 10.2 Å². The zero-order valence-corrected chi connectivity index (χ0v) is 13.5. The first-order chi connectivity index (χ1) is 11.8. The summed E-state index contributed by atoms with van der Waals surface area (Å²) in [5, 5.41) is 25.7. The average Bonchev–Trinajstić information content (AvgIpc) is 2.60. The van der Waals surface area contributed by atoms with Gasteiger partial charge in [0.05, 0.1) is 0 Å². The summed E-state index contributed by atoms with van der Waals surface area (Å²) < 4.78 is 0. The minimum absolute atomic E-state index is 0.170. The van der Waals surface area contributed by atoms with Gasteiger partial charge in [-0.2, -0.15) is 0 Å². The Kier molecular flexibility index (Phi) is 3.93. The minimum atomic E-state index is 0.170. The predicted molar refractivity (Wildman–Crippen MR) is 101 cm³/mol. The first kappa shape index (κ1) is 15.1. The molecule has 0 heterocycles. The number of benzene rings is 4. The molecule has 0 aliphatic heterocycles. The van der Waals surface area contributed by atoms with E-state index in [0.29, 0.717) is 12.8 Å². The zero-order valence-electron chi connectivity index (χ0n) is 13.5. The van der Waals surface area contributed by atoms with E-state index in [9.17, 15) is 5.11 Å². The van der Waals surface area contributed by atoms with Crippen LogP contribution in [0.2, 0.25) is 0 Å². The van der Waals surface area contributed by atoms with Gasteiger partial charge in [0.1, 0.15) is 0 Å². The van der Waals surface area contributed by atoms with E-state index in [-0.39, 0.29) is 13.2 Å². The molecule has 0 saturated heterocycles. The van der Waals surface area contributed by atoms with Gasteiger partial charge in [0.2, 0.25) is 0 Å². The smallest absolute Gasteiger partial charge is 0.0471 e. The minimum Gasteiger partial charge on any atom is -0.396 e. The monoisotopic (exact) mass is 316 g/mol. The fraction of sp³-hybridized carbons (Fsp3) is 0.182. The average molecular weight is 316 g/mol. The fourth-order valence-electron chi connectivity index (χ4n) is 3.47. The van der Waals surface area contributed by atoms with Crippen LogP contribution in [0.5, 0.6) is 0 Å². The van der Waals surface area contributed by atoms with Crippen LogP contribution in [0.4, 0.5) is 0 Å². The standard InChI is InChI=1S/C22H20O2/c23-9-7-15-2-4-18-13-19-6-5-17-3-1-16(8-10-24)12-21(17)22(19)14-20(18)11-15/h1-6,11-14,23-24H,7-10H2. The molecule has 2 nitrogen and oxygen atoms in total. The summed E-state index contributed by atoms with van der Waals surface area (Å²) in [5.41, 5.74) is 2.32. The molecule has 24 heavy (non-hydrogen) atoms. The lowest BCUT2D eigenvalue weighted by Gasteiger charge is -2.09. The third kappa shape index (κ3) is 2.64. The van der Waals surface area contributed by atoms with Crippen LogP contribution in [0.25, 0.3) is 32.3 Å². The number of fused-ring (bicyclic) bond motifs is 4. The molecular formula is C22H20O2. The van der Waals surface area contributed by atoms with E-state index < -0.39 is 0 Å². The molecule has 2 heteroatoms. The molecule has 0 radical (unpaired) electrons. The maximum atomic E-state index is 9.21. The highest BCUT2D eigenvalue weighted by atomic mass is 16.3. The summed E-state index contributed by atoms with van der Waals surface area (Å²) in [4.78, 5) is 0. The molecule has 0 aliphatic carbocycles. The molecule has 0 fully saturated rings. The van der Waals surface area contributed by atoms with Crippen molar-refractivity contribution in [2.24, 2.45) is 0 Å². The number of hydrogen-bond acceptors (Lipinski definition) is 2. The third-order valence-corrected chi connectivity index (χ3v) is 4.72. The van der Waals surface area contributed by atoms with Crippen molar-refractivity contribution in [3.05, 3.63) is 71.8 Å². The lowest BCUT2D eigenvalue weighted by molar-refractivity contribution is 0.299. The summed E-state index contributed by atoms with van der Waals surface area (Å²) in [6.07, 6.45) is 1.37. The van der Waals surface area contributed by atoms with Gasteiger partial charge >= 0.3 is 0 Å². The Hall–Kier alpha value is -2.42. The molecular weight excluding hydrogens is 296 g/mol. The van der Waals surface area contributed by atoms with Crippen LogP contribution in [0.3, 0.4) is 0 Å². The Labute approximate surface area is 141 Å². The third-order valence-electron chi connectivity index (χ3n) is 4.72. The molecule has 0 bridgehead atoms. The van der Waals surface area contributed by atoms with Crippen LogP contribution in [-0.4, -0.2) is 23.4 Å². The Balaban J connectivity index is 1.99. The zero-order chi connectivity index (χ0) is 16.5. The predicted octanol–water partition coefficient (Wildman–Crippen LogP) is 4.22. The maximum absolute atomic E-state index is 9.21. The highest BCUT2D eigenvalue weighted by Crippen LogP contribution is 2.30. The second-order valence-corrected chi connectivity index (χ2v) is 6.32. The van der Waals surface area contributed by atoms with Crippen LogP contribution < -0.4 is 0 Å². The highest BCUT2D eigenvalue weighted by molar-refractivity contribution is 6.12. The SMILES string of the molecule is OCCc1ccc2cc3ccc4ccc(CCO)cc4c3cc2c1. The molecule has 2 N–H and O–H groups in total. The van der Waals surface area contributed by atoms with Crippen LogP contribution in [0.1, 0.15) is 11.1 Å². The first-order valence-corrected chi connectivity index (χ1v) is 8.38. The number of rotatable bonds is 4. The Bertz CT molecular complexity index is 1030. The molecule has 120 valence electrons. The Morgan fingerprint density at radius 2 is 1.08 bits per heavy atom. The van der Waals surface area contributed by atoms with E-state index in [2.05, 4.69) is 60.7 Å². The van der Waals surface area contributed by atoms with E-state index in [4.69, 9.17) is 5.11 Å². The normalized spacial score (nSPS) is 11.6. The van der Waals surface area contributed by atoms with Crippen molar-refractivity contribution in [1.82, 2.24) is 0 Å². The van der Waals surface area contributed by atoms with Crippen LogP contribution in [0, 0.1) is 0 Å². The van der Waals surface area contributed by atoms with E-state index in [1.165, 1.54) is 32.3 Å². The lowest BCUT2D eigenvalue weighted by atomic mass is 9.95. The van der Waals surface area contributed by atoms with Gasteiger partial charge in [-0.15, -0.1) is 0 Å². The van der Waals surface area contributed by atoms with Crippen molar-refractivity contribution in [1.29, 1.82) is 0 Å². The van der Waals surface area contributed by atoms with Crippen molar-refractivity contribution >= 4 is 32.3 Å². The van der Waals surface area contributed by atoms with Gasteiger partial charge in [0, 0.05) is 13.2 Å². The van der Waals surface area contributed by atoms with Gasteiger partial charge in [-0.25, -0.2) is 0 Å². The molecule has 0 aliphatic rings. The van der Waals surface area contributed by atoms with E-state index in [1.54, 1.807) is 0 Å². The molecule has 4 rings (SSSR count). The second-order valence-electron chi connectivity index (χ2n) is 6.32. The summed E-state index contributed by atoms with van der Waals surface area (Å²) >= 11 is 0. The van der Waals surface area contributed by atoms with Crippen molar-refractivity contribution in [3.63, 3.8) is 0 Å². The molecule has 0 saturated carbocycles. The van der Waals surface area contributed by atoms with E-state index in [1.807, 2.05) is 0 Å². The number of aliphatic hydroxyl groups is 2. The topological polar surface area (TPSA) is 40.5 Å². The van der Waals surface area contributed by atoms with Crippen molar-refractivity contribution in [3.8, 4) is 0 Å². The van der Waals surface area contributed by atoms with Gasteiger partial charge in [0.15, 0.2) is 0 Å². The van der Waals surface area contributed by atoms with Crippen LogP contribution >= 0.6 is 0 Å². The Morgan fingerprint density at radius 1 is 0.500 bits per heavy atom. The van der Waals surface area contributed by atoms with Crippen molar-refractivity contribution in [2.45, 2.75) is 12.8 Å². The van der Waals surface area contributed by atoms with Crippen molar-refractivity contribution in [2.75, 3.05) is 13.2 Å². The molecule has 0 unspecified atom stereocenters. The largest absolute Gasteiger partial charge is 0.396 e. The van der Waals surface area contributed by atoms with Gasteiger partial charge < -0.3 is 10.2 Å². The second kappa shape index (κ2) is 6.23. The lowest BCUT2D eigenvalue weighted by Crippen LogP contribution is -1.91. The molecule has 4 aromatic rings. The molecule has 0 amide bonds. The summed E-state index contributed by atoms with van der Waals surface area (Å²) in [5.74, 6) is 0. The molecule has 4 aromatic carbocycles. The van der Waals surface area contributed by atoms with Crippen LogP contribution in [0.15, 0.2) is 60.7 Å². The summed E-state index contributed by atoms with van der Waals surface area (Å²) in [6.45, 7) is 0.344. The Morgan fingerprint density at radius 3 is 1.83 bits per heavy atom. The fourth-order valence-corrected chi connectivity index (χ4v) is 3.47. The quantitative estimate of drug-likeness (QED) is 0.437. The highest BCUT2D eigenvalue weighted by Gasteiger charge is 2.05. The summed E-state index contributed by atoms with van der Waals surface area (Å²) in [6, 6.07) is 21.6. The molecule has 0 atom stereocenters. The number of hydrogen-bond donors (Lipinski definition) is 2. The van der Waals surface area contributed by atoms with E-state index in [0.717, 1.165) is 11.1 Å². The van der Waals surface area contributed by atoms with Crippen LogP contribution in [-0.2, 0) is 12.8 Å². The summed E-state index contributed by atoms with van der Waals surface area (Å²) in [7, 11) is 0.